The zero-order valence-electron chi connectivity index (χ0n) is 17.9. The van der Waals surface area contributed by atoms with Gasteiger partial charge in [0.15, 0.2) is 0 Å². The van der Waals surface area contributed by atoms with Gasteiger partial charge in [0.05, 0.1) is 24.7 Å². The summed E-state index contributed by atoms with van der Waals surface area (Å²) >= 11 is 6.06. The van der Waals surface area contributed by atoms with Crippen LogP contribution in [-0.2, 0) is 11.2 Å². The van der Waals surface area contributed by atoms with Gasteiger partial charge in [-0.3, -0.25) is 9.36 Å². The molecule has 0 aliphatic carbocycles. The predicted octanol–water partition coefficient (Wildman–Crippen LogP) is 4.27. The van der Waals surface area contributed by atoms with Crippen molar-refractivity contribution < 1.29 is 13.9 Å². The van der Waals surface area contributed by atoms with Gasteiger partial charge in [0.2, 0.25) is 5.91 Å². The van der Waals surface area contributed by atoms with E-state index in [0.717, 1.165) is 11.1 Å². The summed E-state index contributed by atoms with van der Waals surface area (Å²) in [5.41, 5.74) is 7.62. The number of halogens is 2. The lowest BCUT2D eigenvalue weighted by Crippen LogP contribution is -2.23. The summed E-state index contributed by atoms with van der Waals surface area (Å²) in [5, 5.41) is 4.11. The van der Waals surface area contributed by atoms with Crippen LogP contribution >= 0.6 is 11.6 Å². The minimum absolute atomic E-state index is 0.126. The van der Waals surface area contributed by atoms with Gasteiger partial charge in [0.1, 0.15) is 17.4 Å². The summed E-state index contributed by atoms with van der Waals surface area (Å²) in [6.45, 7) is 1.86. The molecule has 0 saturated carbocycles. The minimum Gasteiger partial charge on any atom is -0.495 e. The molecule has 0 spiro atoms. The van der Waals surface area contributed by atoms with Gasteiger partial charge >= 0.3 is 5.69 Å². The number of hydrogen-bond donors (Lipinski definition) is 2. The topological polar surface area (TPSA) is 99.2 Å². The molecule has 4 rings (SSSR count). The lowest BCUT2D eigenvalue weighted by molar-refractivity contribution is -0.117. The van der Waals surface area contributed by atoms with Crippen molar-refractivity contribution >= 4 is 39.9 Å². The number of rotatable bonds is 6. The molecule has 0 bridgehead atoms. The summed E-state index contributed by atoms with van der Waals surface area (Å²) in [6.07, 6.45) is 0.126. The number of nitrogens with two attached hydrogens (primary N) is 1. The van der Waals surface area contributed by atoms with Crippen LogP contribution in [0.1, 0.15) is 11.1 Å². The number of carbonyl (C=O) groups is 1. The number of amides is 1. The summed E-state index contributed by atoms with van der Waals surface area (Å²) < 4.78 is 20.9. The monoisotopic (exact) mass is 466 g/mol. The Hall–Kier alpha value is -3.91. The molecule has 9 heteroatoms. The Morgan fingerprint density at radius 2 is 1.97 bits per heavy atom. The van der Waals surface area contributed by atoms with E-state index in [2.05, 4.69) is 10.3 Å². The van der Waals surface area contributed by atoms with Gasteiger partial charge in [-0.2, -0.15) is 4.98 Å². The molecular weight excluding hydrogens is 447 g/mol. The van der Waals surface area contributed by atoms with E-state index in [1.807, 2.05) is 13.0 Å². The number of aryl methyl sites for hydroxylation is 1. The molecule has 7 nitrogen and oxygen atoms in total. The Morgan fingerprint density at radius 1 is 1.18 bits per heavy atom. The highest BCUT2D eigenvalue weighted by Gasteiger charge is 2.17. The molecule has 3 aromatic carbocycles. The second-order valence-corrected chi connectivity index (χ2v) is 7.91. The third-order valence-corrected chi connectivity index (χ3v) is 5.39. The van der Waals surface area contributed by atoms with Crippen LogP contribution in [0, 0.1) is 12.7 Å². The average molecular weight is 467 g/mol. The Kier molecular flexibility index (Phi) is 6.02. The van der Waals surface area contributed by atoms with Crippen molar-refractivity contribution in [3.63, 3.8) is 0 Å². The zero-order valence-corrected chi connectivity index (χ0v) is 18.6. The fraction of sp³-hybridized carbons (Fsp3) is 0.125. The number of fused-ring (bicyclic) bond motifs is 1. The van der Waals surface area contributed by atoms with E-state index in [0.29, 0.717) is 33.0 Å². The predicted molar refractivity (Wildman–Crippen MR) is 126 cm³/mol. The van der Waals surface area contributed by atoms with E-state index in [4.69, 9.17) is 22.1 Å². The molecule has 0 unspecified atom stereocenters. The van der Waals surface area contributed by atoms with Gasteiger partial charge in [0.25, 0.3) is 0 Å². The smallest absolute Gasteiger partial charge is 0.354 e. The van der Waals surface area contributed by atoms with Crippen molar-refractivity contribution in [1.82, 2.24) is 9.55 Å². The van der Waals surface area contributed by atoms with Crippen LogP contribution in [0.25, 0.3) is 16.6 Å². The number of benzene rings is 3. The maximum Gasteiger partial charge on any atom is 0.354 e. The molecule has 0 radical (unpaired) electrons. The standard InChI is InChI=1S/C24H20ClFN4O3/c1-13-9-14(10-22(27)31)3-7-18(13)28-23-17-6-5-16(26)12-20(17)30(24(32)29-23)19-8-4-15(25)11-21(19)33-2/h3-9,11-12H,10H2,1-2H3,(H2,27,31)(H,28,29,32). The first kappa shape index (κ1) is 22.3. The van der Waals surface area contributed by atoms with E-state index in [9.17, 15) is 14.0 Å². The quantitative estimate of drug-likeness (QED) is 0.442. The van der Waals surface area contributed by atoms with Crippen LogP contribution in [0.3, 0.4) is 0 Å². The van der Waals surface area contributed by atoms with Crippen LogP contribution in [0.15, 0.2) is 59.4 Å². The van der Waals surface area contributed by atoms with Gasteiger partial charge in [-0.1, -0.05) is 23.7 Å². The summed E-state index contributed by atoms with van der Waals surface area (Å²) in [4.78, 5) is 28.5. The molecule has 1 aromatic heterocycles. The number of nitrogens with zero attached hydrogens (tertiary/aromatic N) is 2. The molecule has 1 heterocycles. The highest BCUT2D eigenvalue weighted by atomic mass is 35.5. The molecule has 0 saturated heterocycles. The van der Waals surface area contributed by atoms with E-state index >= 15 is 0 Å². The third-order valence-electron chi connectivity index (χ3n) is 5.16. The fourth-order valence-corrected chi connectivity index (χ4v) is 3.83. The van der Waals surface area contributed by atoms with Gasteiger partial charge < -0.3 is 15.8 Å². The van der Waals surface area contributed by atoms with Crippen molar-refractivity contribution in [3.8, 4) is 11.4 Å². The summed E-state index contributed by atoms with van der Waals surface area (Å²) in [6, 6.07) is 14.3. The largest absolute Gasteiger partial charge is 0.495 e. The van der Waals surface area contributed by atoms with Gasteiger partial charge in [0, 0.05) is 22.2 Å². The first-order chi connectivity index (χ1) is 15.8. The van der Waals surface area contributed by atoms with E-state index in [-0.39, 0.29) is 12.2 Å². The molecular formula is C24H20ClFN4O3. The van der Waals surface area contributed by atoms with E-state index in [1.54, 1.807) is 36.4 Å². The number of hydrogen-bond acceptors (Lipinski definition) is 5. The normalized spacial score (nSPS) is 10.9. The Labute approximate surface area is 193 Å². The molecule has 0 fully saturated rings. The zero-order chi connectivity index (χ0) is 23.7. The van der Waals surface area contributed by atoms with E-state index in [1.165, 1.54) is 23.8 Å². The lowest BCUT2D eigenvalue weighted by Gasteiger charge is -2.17. The number of carbonyl (C=O) groups excluding carboxylic acids is 1. The Morgan fingerprint density at radius 3 is 2.67 bits per heavy atom. The van der Waals surface area contributed by atoms with Crippen LogP contribution in [0.5, 0.6) is 5.75 Å². The molecule has 3 N–H and O–H groups in total. The molecule has 0 atom stereocenters. The second-order valence-electron chi connectivity index (χ2n) is 7.47. The van der Waals surface area contributed by atoms with Crippen molar-refractivity contribution in [3.05, 3.63) is 87.0 Å². The fourth-order valence-electron chi connectivity index (χ4n) is 3.67. The molecule has 0 aliphatic rings. The Bertz CT molecular complexity index is 1450. The van der Waals surface area contributed by atoms with Crippen LogP contribution < -0.4 is 21.5 Å². The maximum absolute atomic E-state index is 14.2. The molecule has 0 aliphatic heterocycles. The summed E-state index contributed by atoms with van der Waals surface area (Å²) in [7, 11) is 1.46. The summed E-state index contributed by atoms with van der Waals surface area (Å²) in [5.74, 6) is -0.317. The van der Waals surface area contributed by atoms with Gasteiger partial charge in [-0.25, -0.2) is 9.18 Å². The van der Waals surface area contributed by atoms with E-state index < -0.39 is 17.4 Å². The van der Waals surface area contributed by atoms with Crippen LogP contribution in [0.4, 0.5) is 15.9 Å². The SMILES string of the molecule is COc1cc(Cl)ccc1-n1c(=O)nc(Nc2ccc(CC(N)=O)cc2C)c2ccc(F)cc21. The number of nitrogens with one attached hydrogen (secondary N) is 1. The number of primary amides is 1. The molecule has 4 aromatic rings. The second kappa shape index (κ2) is 8.91. The highest BCUT2D eigenvalue weighted by Crippen LogP contribution is 2.31. The van der Waals surface area contributed by atoms with Gasteiger partial charge in [-0.05, 0) is 54.4 Å². The minimum atomic E-state index is -0.626. The van der Waals surface area contributed by atoms with Gasteiger partial charge in [-0.15, -0.1) is 0 Å². The number of methoxy groups -OCH3 is 1. The molecule has 1 amide bonds. The average Bonchev–Trinajstić information content (AvgIpc) is 2.75. The van der Waals surface area contributed by atoms with Crippen molar-refractivity contribution in [2.24, 2.45) is 5.73 Å². The van der Waals surface area contributed by atoms with Crippen molar-refractivity contribution in [2.45, 2.75) is 13.3 Å². The number of anilines is 2. The van der Waals surface area contributed by atoms with Crippen LogP contribution in [-0.4, -0.2) is 22.6 Å². The Balaban J connectivity index is 1.87. The first-order valence-corrected chi connectivity index (χ1v) is 10.4. The number of aromatic nitrogens is 2. The highest BCUT2D eigenvalue weighted by molar-refractivity contribution is 6.30. The third kappa shape index (κ3) is 4.51. The maximum atomic E-state index is 14.2. The van der Waals surface area contributed by atoms with Crippen molar-refractivity contribution in [1.29, 1.82) is 0 Å². The van der Waals surface area contributed by atoms with Crippen LogP contribution in [0.2, 0.25) is 5.02 Å². The first-order valence-electron chi connectivity index (χ1n) is 9.98. The van der Waals surface area contributed by atoms with Crippen molar-refractivity contribution in [2.75, 3.05) is 12.4 Å². The molecule has 168 valence electrons. The lowest BCUT2D eigenvalue weighted by atomic mass is 10.1. The molecule has 33 heavy (non-hydrogen) atoms. The number of ether oxygens (including phenoxy) is 1.